The number of nitrogens with one attached hydrogen (secondary N) is 1. The molecule has 3 rings (SSSR count). The summed E-state index contributed by atoms with van der Waals surface area (Å²) in [6, 6.07) is 16.8. The molecule has 0 radical (unpaired) electrons. The maximum absolute atomic E-state index is 6.12. The molecule has 1 atom stereocenters. The second kappa shape index (κ2) is 5.76. The summed E-state index contributed by atoms with van der Waals surface area (Å²) >= 11 is 11.5. The molecule has 0 aliphatic rings. The van der Waals surface area contributed by atoms with Gasteiger partial charge in [0.25, 0.3) is 0 Å². The van der Waals surface area contributed by atoms with Gasteiger partial charge in [-0.05, 0) is 52.5 Å². The van der Waals surface area contributed by atoms with E-state index < -0.39 is 0 Å². The lowest BCUT2D eigenvalue weighted by molar-refractivity contribution is 0.907. The summed E-state index contributed by atoms with van der Waals surface area (Å²) in [6.07, 6.45) is 0. The topological polar surface area (TPSA) is 12.0 Å². The van der Waals surface area contributed by atoms with Crippen molar-refractivity contribution >= 4 is 54.6 Å². The molecule has 1 nitrogen and oxygen atoms in total. The van der Waals surface area contributed by atoms with Gasteiger partial charge in [0.15, 0.2) is 0 Å². The lowest BCUT2D eigenvalue weighted by Gasteiger charge is -2.15. The first-order valence-corrected chi connectivity index (χ1v) is 8.33. The van der Waals surface area contributed by atoms with Gasteiger partial charge in [0.05, 0.1) is 21.2 Å². The fourth-order valence-corrected chi connectivity index (χ4v) is 3.76. The standard InChI is InChI=1S/C16H13BrClNS/c1-10(19-13-7-4-6-12(18)16(13)17)15-9-11-5-2-3-8-14(11)20-15/h2-10,19H,1H3. The van der Waals surface area contributed by atoms with E-state index in [0.717, 1.165) is 15.2 Å². The van der Waals surface area contributed by atoms with Gasteiger partial charge in [0.1, 0.15) is 0 Å². The van der Waals surface area contributed by atoms with Crippen molar-refractivity contribution in [3.8, 4) is 0 Å². The van der Waals surface area contributed by atoms with E-state index in [2.05, 4.69) is 58.5 Å². The van der Waals surface area contributed by atoms with Crippen LogP contribution in [0.3, 0.4) is 0 Å². The summed E-state index contributed by atoms with van der Waals surface area (Å²) in [5.74, 6) is 0. The van der Waals surface area contributed by atoms with Crippen molar-refractivity contribution in [1.29, 1.82) is 0 Å². The molecule has 1 unspecified atom stereocenters. The summed E-state index contributed by atoms with van der Waals surface area (Å²) in [4.78, 5) is 1.32. The van der Waals surface area contributed by atoms with Crippen molar-refractivity contribution in [3.63, 3.8) is 0 Å². The summed E-state index contributed by atoms with van der Waals surface area (Å²) in [5.41, 5.74) is 1.02. The lowest BCUT2D eigenvalue weighted by atomic mass is 10.2. The number of rotatable bonds is 3. The summed E-state index contributed by atoms with van der Waals surface area (Å²) < 4.78 is 2.23. The fraction of sp³-hybridized carbons (Fsp3) is 0.125. The highest BCUT2D eigenvalue weighted by Gasteiger charge is 2.11. The van der Waals surface area contributed by atoms with E-state index in [1.54, 1.807) is 0 Å². The van der Waals surface area contributed by atoms with Crippen LogP contribution in [0.5, 0.6) is 0 Å². The van der Waals surface area contributed by atoms with Crippen LogP contribution in [0.1, 0.15) is 17.8 Å². The van der Waals surface area contributed by atoms with Crippen LogP contribution in [0.4, 0.5) is 5.69 Å². The van der Waals surface area contributed by atoms with Crippen molar-refractivity contribution in [2.45, 2.75) is 13.0 Å². The number of hydrogen-bond acceptors (Lipinski definition) is 2. The summed E-state index contributed by atoms with van der Waals surface area (Å²) in [6.45, 7) is 2.16. The van der Waals surface area contributed by atoms with Gasteiger partial charge >= 0.3 is 0 Å². The van der Waals surface area contributed by atoms with Gasteiger partial charge in [-0.15, -0.1) is 11.3 Å². The van der Waals surface area contributed by atoms with Gasteiger partial charge < -0.3 is 5.32 Å². The number of fused-ring (bicyclic) bond motifs is 1. The smallest absolute Gasteiger partial charge is 0.0593 e. The summed E-state index contributed by atoms with van der Waals surface area (Å²) in [5, 5.41) is 5.53. The Morgan fingerprint density at radius 3 is 2.75 bits per heavy atom. The van der Waals surface area contributed by atoms with Crippen molar-refractivity contribution in [3.05, 3.63) is 62.9 Å². The molecule has 2 aromatic carbocycles. The van der Waals surface area contributed by atoms with E-state index in [9.17, 15) is 0 Å². The molecule has 0 aliphatic carbocycles. The molecule has 20 heavy (non-hydrogen) atoms. The SMILES string of the molecule is CC(Nc1cccc(Cl)c1Br)c1cc2ccccc2s1. The molecular weight excluding hydrogens is 354 g/mol. The third kappa shape index (κ3) is 2.71. The molecule has 0 saturated heterocycles. The van der Waals surface area contributed by atoms with Crippen LogP contribution in [-0.2, 0) is 0 Å². The first kappa shape index (κ1) is 13.9. The Balaban J connectivity index is 1.89. The Kier molecular flexibility index (Phi) is 4.01. The third-order valence-electron chi connectivity index (χ3n) is 3.19. The zero-order valence-corrected chi connectivity index (χ0v) is 14.0. The highest BCUT2D eigenvalue weighted by molar-refractivity contribution is 9.10. The van der Waals surface area contributed by atoms with Gasteiger partial charge in [-0.3, -0.25) is 0 Å². The van der Waals surface area contributed by atoms with E-state index in [1.807, 2.05) is 29.5 Å². The Hall–Kier alpha value is -1.03. The van der Waals surface area contributed by atoms with Crippen LogP contribution in [0.2, 0.25) is 5.02 Å². The largest absolute Gasteiger partial charge is 0.377 e. The molecule has 102 valence electrons. The molecule has 0 aliphatic heterocycles. The van der Waals surface area contributed by atoms with Gasteiger partial charge in [-0.1, -0.05) is 35.9 Å². The molecule has 0 saturated carbocycles. The van der Waals surface area contributed by atoms with E-state index >= 15 is 0 Å². The molecule has 3 aromatic rings. The van der Waals surface area contributed by atoms with Crippen molar-refractivity contribution < 1.29 is 0 Å². The van der Waals surface area contributed by atoms with Crippen LogP contribution in [0.15, 0.2) is 53.0 Å². The van der Waals surface area contributed by atoms with Crippen molar-refractivity contribution in [2.75, 3.05) is 5.32 Å². The Morgan fingerprint density at radius 1 is 1.15 bits per heavy atom. The van der Waals surface area contributed by atoms with Crippen LogP contribution in [-0.4, -0.2) is 0 Å². The van der Waals surface area contributed by atoms with Crippen LogP contribution in [0.25, 0.3) is 10.1 Å². The van der Waals surface area contributed by atoms with Crippen LogP contribution < -0.4 is 5.32 Å². The first-order chi connectivity index (χ1) is 9.65. The summed E-state index contributed by atoms with van der Waals surface area (Å²) in [7, 11) is 0. The second-order valence-electron chi connectivity index (χ2n) is 4.65. The van der Waals surface area contributed by atoms with Gasteiger partial charge in [0, 0.05) is 9.58 Å². The number of halogens is 2. The molecule has 1 aromatic heterocycles. The molecule has 4 heteroatoms. The van der Waals surface area contributed by atoms with Crippen LogP contribution in [0, 0.1) is 0 Å². The fourth-order valence-electron chi connectivity index (χ4n) is 2.14. The monoisotopic (exact) mass is 365 g/mol. The molecule has 0 spiro atoms. The second-order valence-corrected chi connectivity index (χ2v) is 6.97. The zero-order valence-electron chi connectivity index (χ0n) is 10.9. The maximum atomic E-state index is 6.12. The van der Waals surface area contributed by atoms with E-state index in [-0.39, 0.29) is 6.04 Å². The number of anilines is 1. The number of thiophene rings is 1. The molecule has 0 amide bonds. The van der Waals surface area contributed by atoms with Gasteiger partial charge in [-0.2, -0.15) is 0 Å². The predicted molar refractivity (Wildman–Crippen MR) is 93.0 cm³/mol. The zero-order chi connectivity index (χ0) is 14.1. The average Bonchev–Trinajstić information content (AvgIpc) is 2.88. The minimum absolute atomic E-state index is 0.238. The van der Waals surface area contributed by atoms with Crippen LogP contribution >= 0.6 is 38.9 Å². The Bertz CT molecular complexity index is 720. The minimum Gasteiger partial charge on any atom is -0.377 e. The van der Waals surface area contributed by atoms with Gasteiger partial charge in [-0.25, -0.2) is 0 Å². The van der Waals surface area contributed by atoms with Gasteiger partial charge in [0.2, 0.25) is 0 Å². The number of hydrogen-bond donors (Lipinski definition) is 1. The van der Waals surface area contributed by atoms with Crippen molar-refractivity contribution in [1.82, 2.24) is 0 Å². The molecule has 1 N–H and O–H groups in total. The highest BCUT2D eigenvalue weighted by Crippen LogP contribution is 2.35. The molecular formula is C16H13BrClNS. The Labute approximate surface area is 135 Å². The molecule has 0 bridgehead atoms. The molecule has 1 heterocycles. The molecule has 0 fully saturated rings. The highest BCUT2D eigenvalue weighted by atomic mass is 79.9. The normalized spacial score (nSPS) is 12.6. The number of benzene rings is 2. The lowest BCUT2D eigenvalue weighted by Crippen LogP contribution is -2.05. The maximum Gasteiger partial charge on any atom is 0.0593 e. The van der Waals surface area contributed by atoms with E-state index in [4.69, 9.17) is 11.6 Å². The third-order valence-corrected chi connectivity index (χ3v) is 5.89. The quantitative estimate of drug-likeness (QED) is 0.558. The van der Waals surface area contributed by atoms with E-state index in [1.165, 1.54) is 15.0 Å². The predicted octanol–water partition coefficient (Wildman–Crippen LogP) is 6.49. The average molecular weight is 367 g/mol. The Morgan fingerprint density at radius 2 is 1.95 bits per heavy atom. The minimum atomic E-state index is 0.238. The van der Waals surface area contributed by atoms with E-state index in [0.29, 0.717) is 0 Å². The van der Waals surface area contributed by atoms with Crippen molar-refractivity contribution in [2.24, 2.45) is 0 Å². The first-order valence-electron chi connectivity index (χ1n) is 6.34.